The van der Waals surface area contributed by atoms with Crippen molar-refractivity contribution in [1.29, 1.82) is 0 Å². The van der Waals surface area contributed by atoms with E-state index >= 15 is 0 Å². The minimum Gasteiger partial charge on any atom is -0.503 e. The Morgan fingerprint density at radius 3 is 2.59 bits per heavy atom. The van der Waals surface area contributed by atoms with Gasteiger partial charge in [0.1, 0.15) is 0 Å². The Morgan fingerprint density at radius 1 is 1.26 bits per heavy atom. The summed E-state index contributed by atoms with van der Waals surface area (Å²) in [5.74, 6) is -1.25. The highest BCUT2D eigenvalue weighted by Crippen LogP contribution is 2.39. The fourth-order valence-electron chi connectivity index (χ4n) is 3.32. The molecule has 142 valence electrons. The average Bonchev–Trinajstić information content (AvgIpc) is 3.31. The molecule has 2 aromatic rings. The van der Waals surface area contributed by atoms with Crippen LogP contribution in [0.5, 0.6) is 0 Å². The van der Waals surface area contributed by atoms with Crippen molar-refractivity contribution in [2.45, 2.75) is 25.8 Å². The number of ketones is 1. The van der Waals surface area contributed by atoms with Crippen molar-refractivity contribution in [2.24, 2.45) is 0 Å². The Hall–Kier alpha value is -2.44. The fourth-order valence-corrected chi connectivity index (χ4v) is 4.00. The van der Waals surface area contributed by atoms with Gasteiger partial charge >= 0.3 is 0 Å². The molecule has 1 atom stereocenters. The van der Waals surface area contributed by atoms with Gasteiger partial charge in [-0.15, -0.1) is 11.3 Å². The van der Waals surface area contributed by atoms with Crippen LogP contribution < -0.4 is 0 Å². The second-order valence-corrected chi connectivity index (χ2v) is 7.36. The zero-order valence-corrected chi connectivity index (χ0v) is 16.3. The van der Waals surface area contributed by atoms with Gasteiger partial charge in [0, 0.05) is 20.3 Å². The van der Waals surface area contributed by atoms with Crippen molar-refractivity contribution in [2.75, 3.05) is 20.3 Å². The number of ether oxygens (including phenoxy) is 1. The molecule has 6 heteroatoms. The molecule has 27 heavy (non-hydrogen) atoms. The first-order valence-electron chi connectivity index (χ1n) is 8.98. The lowest BCUT2D eigenvalue weighted by Gasteiger charge is -2.27. The molecular formula is C21H23NO4S. The standard InChI is InChI=1S/C21H23NO4S/c1-3-14-7-9-15(10-8-14)18-17(19(23)16-6-4-13-27-16)20(24)21(25)22(18)11-5-12-26-2/h4,6-10,13,18,24H,3,5,11-12H2,1-2H3. The maximum atomic E-state index is 13.0. The maximum absolute atomic E-state index is 13.0. The van der Waals surface area contributed by atoms with E-state index in [-0.39, 0.29) is 11.4 Å². The summed E-state index contributed by atoms with van der Waals surface area (Å²) in [6.07, 6.45) is 1.53. The number of hydrogen-bond acceptors (Lipinski definition) is 5. The molecule has 5 nitrogen and oxygen atoms in total. The lowest BCUT2D eigenvalue weighted by atomic mass is 9.94. The van der Waals surface area contributed by atoms with Crippen LogP contribution in [0.15, 0.2) is 53.1 Å². The first kappa shape index (κ1) is 19.3. The highest BCUT2D eigenvalue weighted by molar-refractivity contribution is 7.12. The number of Topliss-reactive ketones (excluding diaryl/α,β-unsaturated/α-hetero) is 1. The topological polar surface area (TPSA) is 66.8 Å². The van der Waals surface area contributed by atoms with Gasteiger partial charge in [-0.2, -0.15) is 0 Å². The Balaban J connectivity index is 2.01. The molecular weight excluding hydrogens is 362 g/mol. The summed E-state index contributed by atoms with van der Waals surface area (Å²) in [4.78, 5) is 27.8. The van der Waals surface area contributed by atoms with Gasteiger partial charge in [-0.25, -0.2) is 0 Å². The molecule has 0 bridgehead atoms. The number of nitrogens with zero attached hydrogens (tertiary/aromatic N) is 1. The second kappa shape index (κ2) is 8.50. The van der Waals surface area contributed by atoms with Crippen LogP contribution in [0.3, 0.4) is 0 Å². The summed E-state index contributed by atoms with van der Waals surface area (Å²) in [6, 6.07) is 10.8. The van der Waals surface area contributed by atoms with Gasteiger partial charge in [0.2, 0.25) is 5.78 Å². The summed E-state index contributed by atoms with van der Waals surface area (Å²) in [5.41, 5.74) is 2.15. The van der Waals surface area contributed by atoms with E-state index in [9.17, 15) is 14.7 Å². The summed E-state index contributed by atoms with van der Waals surface area (Å²) < 4.78 is 5.09. The number of aliphatic hydroxyl groups is 1. The SMILES string of the molecule is CCc1ccc(C2C(C(=O)c3cccs3)=C(O)C(=O)N2CCCOC)cc1. The first-order chi connectivity index (χ1) is 13.1. The Labute approximate surface area is 162 Å². The predicted octanol–water partition coefficient (Wildman–Crippen LogP) is 3.93. The Morgan fingerprint density at radius 2 is 2.00 bits per heavy atom. The lowest BCUT2D eigenvalue weighted by Crippen LogP contribution is -2.32. The van der Waals surface area contributed by atoms with Crippen LogP contribution in [0.4, 0.5) is 0 Å². The van der Waals surface area contributed by atoms with Crippen LogP contribution in [0, 0.1) is 0 Å². The Bertz CT molecular complexity index is 840. The number of amides is 1. The molecule has 1 unspecified atom stereocenters. The van der Waals surface area contributed by atoms with Crippen LogP contribution >= 0.6 is 11.3 Å². The molecule has 0 radical (unpaired) electrons. The highest BCUT2D eigenvalue weighted by atomic mass is 32.1. The van der Waals surface area contributed by atoms with Crippen LogP contribution in [-0.4, -0.2) is 42.0 Å². The molecule has 0 aliphatic carbocycles. The predicted molar refractivity (Wildman–Crippen MR) is 105 cm³/mol. The van der Waals surface area contributed by atoms with Gasteiger partial charge in [0.15, 0.2) is 5.76 Å². The van der Waals surface area contributed by atoms with Gasteiger partial charge < -0.3 is 14.7 Å². The first-order valence-corrected chi connectivity index (χ1v) is 9.86. The van der Waals surface area contributed by atoms with Crippen molar-refractivity contribution < 1.29 is 19.4 Å². The van der Waals surface area contributed by atoms with Crippen LogP contribution in [-0.2, 0) is 16.0 Å². The number of benzene rings is 1. The summed E-state index contributed by atoms with van der Waals surface area (Å²) in [7, 11) is 1.61. The third-order valence-electron chi connectivity index (χ3n) is 4.74. The van der Waals surface area contributed by atoms with E-state index < -0.39 is 17.7 Å². The third-order valence-corrected chi connectivity index (χ3v) is 5.61. The van der Waals surface area contributed by atoms with E-state index in [1.165, 1.54) is 16.9 Å². The van der Waals surface area contributed by atoms with E-state index in [1.807, 2.05) is 29.6 Å². The third kappa shape index (κ3) is 3.82. The van der Waals surface area contributed by atoms with Gasteiger partial charge in [0.05, 0.1) is 16.5 Å². The van der Waals surface area contributed by atoms with Crippen LogP contribution in [0.25, 0.3) is 0 Å². The average molecular weight is 385 g/mol. The Kier molecular flexibility index (Phi) is 6.08. The van der Waals surface area contributed by atoms with Gasteiger partial charge in [-0.3, -0.25) is 9.59 Å². The molecule has 1 aromatic carbocycles. The molecule has 2 heterocycles. The lowest BCUT2D eigenvalue weighted by molar-refractivity contribution is -0.129. The molecule has 0 saturated heterocycles. The minimum absolute atomic E-state index is 0.157. The van der Waals surface area contributed by atoms with Gasteiger partial charge in [-0.1, -0.05) is 37.3 Å². The number of methoxy groups -OCH3 is 1. The van der Waals surface area contributed by atoms with Crippen molar-refractivity contribution in [3.05, 3.63) is 69.1 Å². The maximum Gasteiger partial charge on any atom is 0.290 e. The molecule has 1 amide bonds. The molecule has 0 saturated carbocycles. The van der Waals surface area contributed by atoms with E-state index in [0.29, 0.717) is 24.4 Å². The van der Waals surface area contributed by atoms with E-state index in [1.54, 1.807) is 24.1 Å². The molecule has 3 rings (SSSR count). The smallest absolute Gasteiger partial charge is 0.290 e. The van der Waals surface area contributed by atoms with Crippen LogP contribution in [0.2, 0.25) is 0 Å². The largest absolute Gasteiger partial charge is 0.503 e. The minimum atomic E-state index is -0.588. The number of carbonyl (C=O) groups excluding carboxylic acids is 2. The number of aryl methyl sites for hydroxylation is 1. The number of aliphatic hydroxyl groups excluding tert-OH is 1. The van der Waals surface area contributed by atoms with Crippen molar-refractivity contribution in [3.63, 3.8) is 0 Å². The highest BCUT2D eigenvalue weighted by Gasteiger charge is 2.43. The number of thiophene rings is 1. The molecule has 1 N–H and O–H groups in total. The van der Waals surface area contributed by atoms with E-state index in [0.717, 1.165) is 12.0 Å². The summed E-state index contributed by atoms with van der Waals surface area (Å²) >= 11 is 1.30. The zero-order chi connectivity index (χ0) is 19.4. The summed E-state index contributed by atoms with van der Waals surface area (Å²) in [6.45, 7) is 2.97. The number of rotatable bonds is 8. The quantitative estimate of drug-likeness (QED) is 0.552. The van der Waals surface area contributed by atoms with E-state index in [4.69, 9.17) is 4.74 Å². The molecule has 1 aromatic heterocycles. The molecule has 0 fully saturated rings. The monoisotopic (exact) mass is 385 g/mol. The molecule has 1 aliphatic rings. The second-order valence-electron chi connectivity index (χ2n) is 6.41. The molecule has 1 aliphatic heterocycles. The number of carbonyl (C=O) groups is 2. The fraction of sp³-hybridized carbons (Fsp3) is 0.333. The molecule has 0 spiro atoms. The summed E-state index contributed by atoms with van der Waals surface area (Å²) in [5, 5.41) is 12.3. The van der Waals surface area contributed by atoms with Crippen LogP contribution in [0.1, 0.15) is 40.2 Å². The van der Waals surface area contributed by atoms with Crippen molar-refractivity contribution in [1.82, 2.24) is 4.90 Å². The zero-order valence-electron chi connectivity index (χ0n) is 15.5. The van der Waals surface area contributed by atoms with E-state index in [2.05, 4.69) is 6.92 Å². The number of hydrogen-bond donors (Lipinski definition) is 1. The van der Waals surface area contributed by atoms with Crippen molar-refractivity contribution in [3.8, 4) is 0 Å². The van der Waals surface area contributed by atoms with Gasteiger partial charge in [0.25, 0.3) is 5.91 Å². The normalized spacial score (nSPS) is 17.0. The van der Waals surface area contributed by atoms with Crippen molar-refractivity contribution >= 4 is 23.0 Å². The van der Waals surface area contributed by atoms with Gasteiger partial charge in [-0.05, 0) is 35.4 Å².